The molecule has 2 aliphatic rings. The quantitative estimate of drug-likeness (QED) is 0.510. The molecule has 9 nitrogen and oxygen atoms in total. The number of rotatable bonds is 7. The number of hydrogen-bond donors (Lipinski definition) is 2. The average molecular weight is 543 g/mol. The van der Waals surface area contributed by atoms with E-state index in [2.05, 4.69) is 21.4 Å². The van der Waals surface area contributed by atoms with Gasteiger partial charge in [0, 0.05) is 24.0 Å². The third-order valence-electron chi connectivity index (χ3n) is 7.09. The van der Waals surface area contributed by atoms with Gasteiger partial charge in [-0.3, -0.25) is 14.4 Å². The molecule has 2 aromatic rings. The Morgan fingerprint density at radius 3 is 2.51 bits per heavy atom. The molecule has 0 bridgehead atoms. The molecule has 0 spiro atoms. The van der Waals surface area contributed by atoms with Crippen LogP contribution in [0.25, 0.3) is 0 Å². The van der Waals surface area contributed by atoms with Gasteiger partial charge in [0.05, 0.1) is 22.9 Å². The van der Waals surface area contributed by atoms with Gasteiger partial charge >= 0.3 is 5.51 Å². The summed E-state index contributed by atoms with van der Waals surface area (Å²) in [4.78, 5) is 13.3. The lowest BCUT2D eigenvalue weighted by Crippen LogP contribution is -2.44. The van der Waals surface area contributed by atoms with Crippen LogP contribution in [-0.4, -0.2) is 59.8 Å². The molecule has 2 heterocycles. The zero-order valence-corrected chi connectivity index (χ0v) is 20.5. The van der Waals surface area contributed by atoms with E-state index in [0.29, 0.717) is 12.8 Å². The number of amides is 1. The van der Waals surface area contributed by atoms with Crippen LogP contribution in [0.3, 0.4) is 0 Å². The van der Waals surface area contributed by atoms with E-state index in [0.717, 1.165) is 50.1 Å². The Hall–Kier alpha value is -3.18. The first-order valence-corrected chi connectivity index (χ1v) is 13.2. The Labute approximate surface area is 211 Å². The molecule has 1 amide bonds. The van der Waals surface area contributed by atoms with Crippen molar-refractivity contribution in [2.75, 3.05) is 18.5 Å². The molecule has 3 unspecified atom stereocenters. The van der Waals surface area contributed by atoms with Crippen molar-refractivity contribution in [2.24, 2.45) is 11.7 Å². The molecule has 14 heteroatoms. The van der Waals surface area contributed by atoms with E-state index in [1.54, 1.807) is 0 Å². The number of nitrogens with one attached hydrogen (secondary N) is 1. The summed E-state index contributed by atoms with van der Waals surface area (Å²) in [7, 11) is -5.50. The molecule has 1 aromatic carbocycles. The van der Waals surface area contributed by atoms with Gasteiger partial charge in [-0.1, -0.05) is 0 Å². The number of likely N-dealkylation sites (tertiary alicyclic amines) is 1. The summed E-state index contributed by atoms with van der Waals surface area (Å²) in [5.74, 6) is -1.23. The first-order chi connectivity index (χ1) is 17.5. The molecule has 37 heavy (non-hydrogen) atoms. The van der Waals surface area contributed by atoms with E-state index in [1.165, 1.54) is 10.9 Å². The molecule has 3 N–H and O–H groups in total. The van der Waals surface area contributed by atoms with Gasteiger partial charge in [0.2, 0.25) is 0 Å². The molecule has 0 radical (unpaired) electrons. The zero-order chi connectivity index (χ0) is 27.0. The molecule has 1 aromatic heterocycles. The van der Waals surface area contributed by atoms with Gasteiger partial charge in [0.1, 0.15) is 12.2 Å². The predicted molar refractivity (Wildman–Crippen MR) is 125 cm³/mol. The van der Waals surface area contributed by atoms with Crippen molar-refractivity contribution < 1.29 is 30.8 Å². The minimum absolute atomic E-state index is 0.00263. The Balaban J connectivity index is 1.54. The number of benzene rings is 1. The highest BCUT2D eigenvalue weighted by molar-refractivity contribution is 7.92. The average Bonchev–Trinajstić information content (AvgIpc) is 3.50. The first-order valence-electron chi connectivity index (χ1n) is 11.7. The fourth-order valence-corrected chi connectivity index (χ4v) is 5.98. The standard InChI is InChI=1S/C23H26F4N6O3S/c24-11-17-2-1-9-32(17)16-5-8-20(14(10-16)12-28)33-13-19(21(29)34)22(31-33)30-15-3-6-18(7-4-15)37(35,36)23(25,26)27/h3-4,6-7,13-14,16-17,20H,1-2,5,8-11H2,(H2,29,34)(H,30,31)/t14?,16?,17-,20?/m1/s1. The Morgan fingerprint density at radius 2 is 1.92 bits per heavy atom. The highest BCUT2D eigenvalue weighted by atomic mass is 32.2. The van der Waals surface area contributed by atoms with Crippen molar-refractivity contribution in [3.63, 3.8) is 0 Å². The van der Waals surface area contributed by atoms with Crippen LogP contribution in [0, 0.1) is 17.2 Å². The topological polar surface area (TPSA) is 134 Å². The summed E-state index contributed by atoms with van der Waals surface area (Å²) in [6, 6.07) is 5.73. The number of nitriles is 1. The summed E-state index contributed by atoms with van der Waals surface area (Å²) in [5, 5.41) is 17.0. The third-order valence-corrected chi connectivity index (χ3v) is 8.59. The highest BCUT2D eigenvalue weighted by Gasteiger charge is 2.46. The van der Waals surface area contributed by atoms with Crippen molar-refractivity contribution in [3.8, 4) is 6.07 Å². The number of nitrogens with zero attached hydrogens (tertiary/aromatic N) is 4. The molecule has 1 aliphatic carbocycles. The van der Waals surface area contributed by atoms with Gasteiger partial charge in [-0.05, 0) is 62.9 Å². The van der Waals surface area contributed by atoms with Gasteiger partial charge in [0.25, 0.3) is 15.7 Å². The molecular weight excluding hydrogens is 516 g/mol. The number of anilines is 2. The van der Waals surface area contributed by atoms with Crippen LogP contribution < -0.4 is 11.1 Å². The number of sulfone groups is 1. The maximum absolute atomic E-state index is 13.4. The molecule has 1 saturated heterocycles. The largest absolute Gasteiger partial charge is 0.501 e. The fourth-order valence-electron chi connectivity index (χ4n) is 5.22. The normalized spacial score (nSPS) is 25.1. The van der Waals surface area contributed by atoms with Crippen LogP contribution in [0.15, 0.2) is 35.4 Å². The molecule has 2 fully saturated rings. The Bertz CT molecular complexity index is 1290. The molecule has 1 saturated carbocycles. The maximum atomic E-state index is 13.4. The van der Waals surface area contributed by atoms with Gasteiger partial charge in [-0.15, -0.1) is 0 Å². The number of primary amides is 1. The first kappa shape index (κ1) is 26.9. The summed E-state index contributed by atoms with van der Waals surface area (Å²) in [6.07, 6.45) is 4.96. The van der Waals surface area contributed by atoms with Gasteiger partial charge in [-0.2, -0.15) is 23.5 Å². The lowest BCUT2D eigenvalue weighted by Gasteiger charge is -2.39. The SMILES string of the molecule is N#CC1CC(N2CCC[C@@H]2CF)CCC1n1cc(C(N)=O)c(Nc2ccc(S(=O)(=O)C(F)(F)F)cc2)n1. The number of aromatic nitrogens is 2. The molecule has 200 valence electrons. The van der Waals surface area contributed by atoms with E-state index in [1.807, 2.05) is 0 Å². The minimum Gasteiger partial charge on any atom is -0.365 e. The number of carbonyl (C=O) groups is 1. The number of alkyl halides is 4. The summed E-state index contributed by atoms with van der Waals surface area (Å²) in [6.45, 7) is 0.378. The van der Waals surface area contributed by atoms with Crippen LogP contribution in [0.5, 0.6) is 0 Å². The molecule has 4 rings (SSSR count). The lowest BCUT2D eigenvalue weighted by atomic mass is 9.81. The van der Waals surface area contributed by atoms with Crippen LogP contribution in [0.4, 0.5) is 29.1 Å². The van der Waals surface area contributed by atoms with Crippen molar-refractivity contribution >= 4 is 27.2 Å². The fraction of sp³-hybridized carbons (Fsp3) is 0.522. The number of carbonyl (C=O) groups excluding carboxylic acids is 1. The number of halogens is 4. The number of nitrogens with two attached hydrogens (primary N) is 1. The molecule has 4 atom stereocenters. The van der Waals surface area contributed by atoms with Gasteiger partial charge in [0.15, 0.2) is 5.82 Å². The zero-order valence-electron chi connectivity index (χ0n) is 19.7. The van der Waals surface area contributed by atoms with E-state index in [4.69, 9.17) is 5.73 Å². The monoisotopic (exact) mass is 542 g/mol. The van der Waals surface area contributed by atoms with E-state index >= 15 is 0 Å². The second-order valence-corrected chi connectivity index (χ2v) is 11.2. The van der Waals surface area contributed by atoms with Crippen molar-refractivity contribution in [1.29, 1.82) is 5.26 Å². The van der Waals surface area contributed by atoms with Crippen molar-refractivity contribution in [2.45, 2.75) is 60.6 Å². The minimum atomic E-state index is -5.50. The van der Waals surface area contributed by atoms with Gasteiger partial charge < -0.3 is 11.1 Å². The van der Waals surface area contributed by atoms with E-state index < -0.39 is 38.7 Å². The van der Waals surface area contributed by atoms with Crippen molar-refractivity contribution in [3.05, 3.63) is 36.0 Å². The van der Waals surface area contributed by atoms with E-state index in [-0.39, 0.29) is 35.2 Å². The van der Waals surface area contributed by atoms with Crippen LogP contribution in [0.1, 0.15) is 48.5 Å². The van der Waals surface area contributed by atoms with Crippen LogP contribution in [-0.2, 0) is 9.84 Å². The Kier molecular flexibility index (Phi) is 7.48. The lowest BCUT2D eigenvalue weighted by molar-refractivity contribution is -0.0436. The smallest absolute Gasteiger partial charge is 0.365 e. The van der Waals surface area contributed by atoms with E-state index in [9.17, 15) is 36.0 Å². The maximum Gasteiger partial charge on any atom is 0.501 e. The second-order valence-electron chi connectivity index (χ2n) is 9.29. The third kappa shape index (κ3) is 5.28. The Morgan fingerprint density at radius 1 is 1.22 bits per heavy atom. The summed E-state index contributed by atoms with van der Waals surface area (Å²) < 4.78 is 76.4. The van der Waals surface area contributed by atoms with Crippen molar-refractivity contribution in [1.82, 2.24) is 14.7 Å². The van der Waals surface area contributed by atoms with Gasteiger partial charge in [-0.25, -0.2) is 12.8 Å². The summed E-state index contributed by atoms with van der Waals surface area (Å²) >= 11 is 0. The van der Waals surface area contributed by atoms with Crippen LogP contribution in [0.2, 0.25) is 0 Å². The van der Waals surface area contributed by atoms with Crippen LogP contribution >= 0.6 is 0 Å². The number of hydrogen-bond acceptors (Lipinski definition) is 7. The predicted octanol–water partition coefficient (Wildman–Crippen LogP) is 3.69. The second kappa shape index (κ2) is 10.3. The highest BCUT2D eigenvalue weighted by Crippen LogP contribution is 2.39. The molecular formula is C23H26F4N6O3S. The summed E-state index contributed by atoms with van der Waals surface area (Å²) in [5.41, 5.74) is 0.250. The molecule has 1 aliphatic heterocycles.